The van der Waals surface area contributed by atoms with Crippen molar-refractivity contribution in [1.29, 1.82) is 0 Å². The second-order valence-corrected chi connectivity index (χ2v) is 7.70. The third kappa shape index (κ3) is 4.27. The number of fused-ring (bicyclic) bond motifs is 1. The molecule has 2 aliphatic rings. The summed E-state index contributed by atoms with van der Waals surface area (Å²) in [7, 11) is 0. The van der Waals surface area contributed by atoms with Crippen LogP contribution in [-0.4, -0.2) is 49.1 Å². The minimum absolute atomic E-state index is 0.0951. The van der Waals surface area contributed by atoms with E-state index in [0.29, 0.717) is 31.2 Å². The maximum absolute atomic E-state index is 12.7. The van der Waals surface area contributed by atoms with Gasteiger partial charge in [-0.2, -0.15) is 0 Å². The smallest absolute Gasteiger partial charge is 0.321 e. The van der Waals surface area contributed by atoms with Gasteiger partial charge in [0.15, 0.2) is 0 Å². The third-order valence-corrected chi connectivity index (χ3v) is 5.92. The first-order valence-corrected chi connectivity index (χ1v) is 10.4. The molecule has 3 amide bonds. The van der Waals surface area contributed by atoms with Gasteiger partial charge in [0.05, 0.1) is 0 Å². The molecular formula is C23H28N4O2. The normalized spacial score (nSPS) is 17.6. The molecule has 4 rings (SSSR count). The van der Waals surface area contributed by atoms with E-state index in [4.69, 9.17) is 0 Å². The van der Waals surface area contributed by atoms with Crippen molar-refractivity contribution in [3.05, 3.63) is 65.2 Å². The minimum Gasteiger partial charge on any atom is -0.350 e. The van der Waals surface area contributed by atoms with Gasteiger partial charge >= 0.3 is 6.03 Å². The lowest BCUT2D eigenvalue weighted by Gasteiger charge is -2.35. The van der Waals surface area contributed by atoms with Crippen LogP contribution in [0.3, 0.4) is 0 Å². The summed E-state index contributed by atoms with van der Waals surface area (Å²) in [4.78, 5) is 28.8. The highest BCUT2D eigenvalue weighted by molar-refractivity contribution is 5.98. The van der Waals surface area contributed by atoms with Gasteiger partial charge in [0.25, 0.3) is 5.91 Å². The van der Waals surface area contributed by atoms with Gasteiger partial charge in [-0.05, 0) is 42.2 Å². The first-order chi connectivity index (χ1) is 14.2. The van der Waals surface area contributed by atoms with E-state index in [2.05, 4.69) is 46.7 Å². The Kier molecular flexibility index (Phi) is 5.81. The van der Waals surface area contributed by atoms with Gasteiger partial charge in [0, 0.05) is 50.0 Å². The molecule has 2 N–H and O–H groups in total. The van der Waals surface area contributed by atoms with Crippen molar-refractivity contribution in [3.63, 3.8) is 0 Å². The molecule has 2 aromatic rings. The van der Waals surface area contributed by atoms with Crippen LogP contribution in [-0.2, 0) is 13.0 Å². The van der Waals surface area contributed by atoms with Crippen molar-refractivity contribution in [1.82, 2.24) is 15.5 Å². The summed E-state index contributed by atoms with van der Waals surface area (Å²) < 4.78 is 0. The quantitative estimate of drug-likeness (QED) is 0.795. The SMILES string of the molecule is CCC(CNC(=O)c1cccc(N2CCNC2=O)c1)N1CCc2ccccc2C1. The van der Waals surface area contributed by atoms with Crippen molar-refractivity contribution in [2.75, 3.05) is 31.1 Å². The predicted octanol–water partition coefficient (Wildman–Crippen LogP) is 2.78. The zero-order chi connectivity index (χ0) is 20.2. The van der Waals surface area contributed by atoms with Crippen LogP contribution >= 0.6 is 0 Å². The lowest BCUT2D eigenvalue weighted by atomic mass is 9.98. The fourth-order valence-electron chi connectivity index (χ4n) is 4.21. The van der Waals surface area contributed by atoms with E-state index < -0.39 is 0 Å². The Bertz CT molecular complexity index is 898. The summed E-state index contributed by atoms with van der Waals surface area (Å²) in [6.45, 7) is 6.00. The van der Waals surface area contributed by atoms with E-state index in [1.807, 2.05) is 12.1 Å². The second-order valence-electron chi connectivity index (χ2n) is 7.70. The van der Waals surface area contributed by atoms with Gasteiger partial charge < -0.3 is 10.6 Å². The maximum atomic E-state index is 12.7. The zero-order valence-electron chi connectivity index (χ0n) is 16.9. The number of anilines is 1. The number of nitrogens with zero attached hydrogens (tertiary/aromatic N) is 2. The van der Waals surface area contributed by atoms with E-state index in [0.717, 1.165) is 31.6 Å². The molecule has 2 aliphatic heterocycles. The average molecular weight is 393 g/mol. The van der Waals surface area contributed by atoms with E-state index in [9.17, 15) is 9.59 Å². The van der Waals surface area contributed by atoms with Crippen LogP contribution in [0.1, 0.15) is 34.8 Å². The van der Waals surface area contributed by atoms with E-state index >= 15 is 0 Å². The lowest BCUT2D eigenvalue weighted by Crippen LogP contribution is -2.45. The highest BCUT2D eigenvalue weighted by Crippen LogP contribution is 2.21. The Labute approximate surface area is 171 Å². The molecule has 0 aromatic heterocycles. The Morgan fingerprint density at radius 1 is 1.14 bits per heavy atom. The molecule has 6 heteroatoms. The fraction of sp³-hybridized carbons (Fsp3) is 0.391. The molecule has 0 aliphatic carbocycles. The van der Waals surface area contributed by atoms with Crippen LogP contribution in [0.4, 0.5) is 10.5 Å². The van der Waals surface area contributed by atoms with Crippen LogP contribution in [0.2, 0.25) is 0 Å². The number of hydrogen-bond acceptors (Lipinski definition) is 3. The molecule has 0 bridgehead atoms. The van der Waals surface area contributed by atoms with Gasteiger partial charge in [0.2, 0.25) is 0 Å². The van der Waals surface area contributed by atoms with E-state index in [1.54, 1.807) is 17.0 Å². The summed E-state index contributed by atoms with van der Waals surface area (Å²) in [5.41, 5.74) is 4.17. The van der Waals surface area contributed by atoms with Crippen LogP contribution in [0.5, 0.6) is 0 Å². The summed E-state index contributed by atoms with van der Waals surface area (Å²) in [5, 5.41) is 5.89. The molecule has 2 aromatic carbocycles. The highest BCUT2D eigenvalue weighted by atomic mass is 16.2. The summed E-state index contributed by atoms with van der Waals surface area (Å²) >= 11 is 0. The molecule has 0 saturated carbocycles. The molecule has 1 atom stereocenters. The molecule has 1 saturated heterocycles. The standard InChI is InChI=1S/C23H28N4O2/c1-2-20(26-12-10-17-6-3-4-7-19(17)16-26)15-25-22(28)18-8-5-9-21(14-18)27-13-11-24-23(27)29/h3-9,14,20H,2,10-13,15-16H2,1H3,(H,24,29)(H,25,28). The molecule has 2 heterocycles. The number of nitrogens with one attached hydrogen (secondary N) is 2. The van der Waals surface area contributed by atoms with Gasteiger partial charge in [-0.25, -0.2) is 4.79 Å². The zero-order valence-corrected chi connectivity index (χ0v) is 16.9. The van der Waals surface area contributed by atoms with Crippen molar-refractivity contribution < 1.29 is 9.59 Å². The Morgan fingerprint density at radius 3 is 2.72 bits per heavy atom. The topological polar surface area (TPSA) is 64.7 Å². The Hall–Kier alpha value is -2.86. The number of carbonyl (C=O) groups excluding carboxylic acids is 2. The summed E-state index contributed by atoms with van der Waals surface area (Å²) in [6.07, 6.45) is 2.04. The number of carbonyl (C=O) groups is 2. The number of urea groups is 1. The first kappa shape index (κ1) is 19.5. The highest BCUT2D eigenvalue weighted by Gasteiger charge is 2.24. The number of benzene rings is 2. The monoisotopic (exact) mass is 392 g/mol. The second kappa shape index (κ2) is 8.66. The van der Waals surface area contributed by atoms with Crippen LogP contribution < -0.4 is 15.5 Å². The van der Waals surface area contributed by atoms with Gasteiger partial charge in [-0.1, -0.05) is 37.3 Å². The Balaban J connectivity index is 1.38. The minimum atomic E-state index is -0.112. The van der Waals surface area contributed by atoms with Crippen molar-refractivity contribution in [2.24, 2.45) is 0 Å². The largest absolute Gasteiger partial charge is 0.350 e. The van der Waals surface area contributed by atoms with E-state index in [-0.39, 0.29) is 11.9 Å². The van der Waals surface area contributed by atoms with Crippen LogP contribution in [0.15, 0.2) is 48.5 Å². The van der Waals surface area contributed by atoms with Crippen molar-refractivity contribution >= 4 is 17.6 Å². The van der Waals surface area contributed by atoms with Gasteiger partial charge in [-0.15, -0.1) is 0 Å². The molecule has 6 nitrogen and oxygen atoms in total. The molecule has 1 fully saturated rings. The lowest BCUT2D eigenvalue weighted by molar-refractivity contribution is 0.0926. The van der Waals surface area contributed by atoms with Gasteiger partial charge in [0.1, 0.15) is 0 Å². The molecule has 29 heavy (non-hydrogen) atoms. The Morgan fingerprint density at radius 2 is 1.97 bits per heavy atom. The molecule has 0 spiro atoms. The number of amides is 3. The van der Waals surface area contributed by atoms with Crippen molar-refractivity contribution in [2.45, 2.75) is 32.4 Å². The molecule has 0 radical (unpaired) electrons. The van der Waals surface area contributed by atoms with E-state index in [1.165, 1.54) is 11.1 Å². The maximum Gasteiger partial charge on any atom is 0.321 e. The average Bonchev–Trinajstić information content (AvgIpc) is 3.20. The molecule has 1 unspecified atom stereocenters. The summed E-state index contributed by atoms with van der Waals surface area (Å²) in [5.74, 6) is -0.0951. The first-order valence-electron chi connectivity index (χ1n) is 10.4. The van der Waals surface area contributed by atoms with Crippen LogP contribution in [0.25, 0.3) is 0 Å². The molecule has 152 valence electrons. The number of hydrogen-bond donors (Lipinski definition) is 2. The predicted molar refractivity (Wildman–Crippen MR) is 114 cm³/mol. The molecular weight excluding hydrogens is 364 g/mol. The summed E-state index contributed by atoms with van der Waals surface area (Å²) in [6, 6.07) is 16.1. The number of rotatable bonds is 6. The van der Waals surface area contributed by atoms with Gasteiger partial charge in [-0.3, -0.25) is 14.6 Å². The van der Waals surface area contributed by atoms with Crippen molar-refractivity contribution in [3.8, 4) is 0 Å². The fourth-order valence-corrected chi connectivity index (χ4v) is 4.21. The third-order valence-electron chi connectivity index (χ3n) is 5.92. The van der Waals surface area contributed by atoms with Crippen LogP contribution in [0, 0.1) is 0 Å².